The second-order valence-corrected chi connectivity index (χ2v) is 5.24. The third-order valence-corrected chi connectivity index (χ3v) is 3.24. The first-order valence-corrected chi connectivity index (χ1v) is 6.32. The zero-order valence-electron chi connectivity index (χ0n) is 9.59. The predicted octanol–water partition coefficient (Wildman–Crippen LogP) is 3.82. The Bertz CT molecular complexity index is 502. The highest BCUT2D eigenvalue weighted by atomic mass is 79.9. The predicted molar refractivity (Wildman–Crippen MR) is 70.8 cm³/mol. The lowest BCUT2D eigenvalue weighted by molar-refractivity contribution is 0.602. The Kier molecular flexibility index (Phi) is 3.36. The van der Waals surface area contributed by atoms with E-state index in [0.717, 1.165) is 16.5 Å². The van der Waals surface area contributed by atoms with Crippen molar-refractivity contribution in [1.82, 2.24) is 0 Å². The number of benzene rings is 1. The highest BCUT2D eigenvalue weighted by Crippen LogP contribution is 2.32. The number of nitrogens with two attached hydrogens (primary N) is 1. The van der Waals surface area contributed by atoms with E-state index in [9.17, 15) is 0 Å². The van der Waals surface area contributed by atoms with Crippen molar-refractivity contribution >= 4 is 26.9 Å². The number of hydrogen-bond donors (Lipinski definition) is 1. The first-order chi connectivity index (χ1) is 7.63. The lowest BCUT2D eigenvalue weighted by atomic mass is 9.99. The van der Waals surface area contributed by atoms with Gasteiger partial charge in [0.25, 0.3) is 0 Å². The highest BCUT2D eigenvalue weighted by molar-refractivity contribution is 9.10. The van der Waals surface area contributed by atoms with Crippen LogP contribution < -0.4 is 5.73 Å². The van der Waals surface area contributed by atoms with E-state index in [1.54, 1.807) is 0 Å². The maximum atomic E-state index is 5.67. The summed E-state index contributed by atoms with van der Waals surface area (Å²) in [5.41, 5.74) is 9.03. The van der Waals surface area contributed by atoms with Crippen LogP contribution in [0, 0.1) is 0 Å². The van der Waals surface area contributed by atoms with Crippen LogP contribution in [0.5, 0.6) is 0 Å². The third-order valence-electron chi connectivity index (χ3n) is 2.78. The Labute approximate surface area is 104 Å². The molecule has 3 heteroatoms. The van der Waals surface area contributed by atoms with Gasteiger partial charge in [0, 0.05) is 9.86 Å². The highest BCUT2D eigenvalue weighted by Gasteiger charge is 2.13. The third kappa shape index (κ3) is 2.02. The van der Waals surface area contributed by atoms with Gasteiger partial charge in [-0.15, -0.1) is 0 Å². The van der Waals surface area contributed by atoms with Crippen LogP contribution in [0.2, 0.25) is 0 Å². The molecule has 1 heterocycles. The fourth-order valence-electron chi connectivity index (χ4n) is 1.96. The minimum Gasteiger partial charge on any atom is -0.464 e. The maximum Gasteiger partial charge on any atom is 0.137 e. The summed E-state index contributed by atoms with van der Waals surface area (Å²) >= 11 is 3.55. The molecule has 0 bridgehead atoms. The van der Waals surface area contributed by atoms with Crippen molar-refractivity contribution in [1.29, 1.82) is 0 Å². The van der Waals surface area contributed by atoms with Crippen molar-refractivity contribution in [2.24, 2.45) is 5.73 Å². The smallest absolute Gasteiger partial charge is 0.137 e. The Balaban J connectivity index is 2.65. The van der Waals surface area contributed by atoms with Crippen molar-refractivity contribution in [3.05, 3.63) is 34.0 Å². The molecule has 1 aromatic heterocycles. The normalized spacial score (nSPS) is 11.6. The Hall–Kier alpha value is -0.800. The second-order valence-electron chi connectivity index (χ2n) is 4.33. The van der Waals surface area contributed by atoms with Crippen molar-refractivity contribution in [3.8, 4) is 0 Å². The maximum absolute atomic E-state index is 5.67. The monoisotopic (exact) mass is 281 g/mol. The molecule has 0 amide bonds. The summed E-state index contributed by atoms with van der Waals surface area (Å²) in [6.45, 7) is 5.00. The molecular formula is C13H16BrNO. The van der Waals surface area contributed by atoms with E-state index < -0.39 is 0 Å². The van der Waals surface area contributed by atoms with Gasteiger partial charge < -0.3 is 10.2 Å². The lowest BCUT2D eigenvalue weighted by Gasteiger charge is -2.07. The molecule has 2 N–H and O–H groups in total. The lowest BCUT2D eigenvalue weighted by Crippen LogP contribution is -2.01. The Morgan fingerprint density at radius 3 is 2.75 bits per heavy atom. The van der Waals surface area contributed by atoms with Crippen LogP contribution in [0.3, 0.4) is 0 Å². The van der Waals surface area contributed by atoms with Gasteiger partial charge in [-0.05, 0) is 42.1 Å². The topological polar surface area (TPSA) is 39.2 Å². The first kappa shape index (κ1) is 11.7. The van der Waals surface area contributed by atoms with Crippen LogP contribution in [0.4, 0.5) is 0 Å². The summed E-state index contributed by atoms with van der Waals surface area (Å²) < 4.78 is 6.77. The quantitative estimate of drug-likeness (QED) is 0.929. The van der Waals surface area contributed by atoms with Crippen LogP contribution in [-0.2, 0) is 6.42 Å². The van der Waals surface area contributed by atoms with Gasteiger partial charge in [0.1, 0.15) is 5.58 Å². The van der Waals surface area contributed by atoms with E-state index in [2.05, 4.69) is 41.9 Å². The number of fused-ring (bicyclic) bond motifs is 1. The largest absolute Gasteiger partial charge is 0.464 e. The summed E-state index contributed by atoms with van der Waals surface area (Å²) in [6, 6.07) is 4.23. The van der Waals surface area contributed by atoms with Gasteiger partial charge >= 0.3 is 0 Å². The van der Waals surface area contributed by atoms with E-state index >= 15 is 0 Å². The summed E-state index contributed by atoms with van der Waals surface area (Å²) in [6.07, 6.45) is 2.69. The minimum atomic E-state index is 0.455. The number of furan rings is 1. The average molecular weight is 282 g/mol. The molecule has 2 aromatic rings. The summed E-state index contributed by atoms with van der Waals surface area (Å²) in [5.74, 6) is 0.455. The first-order valence-electron chi connectivity index (χ1n) is 5.53. The number of rotatable bonds is 3. The van der Waals surface area contributed by atoms with Gasteiger partial charge in [-0.2, -0.15) is 0 Å². The molecule has 0 aliphatic heterocycles. The molecule has 0 atom stereocenters. The fourth-order valence-corrected chi connectivity index (χ4v) is 2.43. The molecular weight excluding hydrogens is 266 g/mol. The van der Waals surface area contributed by atoms with Crippen LogP contribution in [0.25, 0.3) is 11.0 Å². The SMILES string of the molecule is CC(C)c1cc(Br)cc2c(CCN)coc12. The molecule has 0 saturated heterocycles. The summed E-state index contributed by atoms with van der Waals surface area (Å²) in [5, 5.41) is 1.18. The summed E-state index contributed by atoms with van der Waals surface area (Å²) in [7, 11) is 0. The van der Waals surface area contributed by atoms with Gasteiger partial charge in [0.05, 0.1) is 6.26 Å². The van der Waals surface area contributed by atoms with Crippen LogP contribution in [0.15, 0.2) is 27.3 Å². The second kappa shape index (κ2) is 4.60. The van der Waals surface area contributed by atoms with Gasteiger partial charge in [-0.25, -0.2) is 0 Å². The average Bonchev–Trinajstić information content (AvgIpc) is 2.61. The van der Waals surface area contributed by atoms with Crippen LogP contribution in [0.1, 0.15) is 30.9 Å². The Morgan fingerprint density at radius 1 is 1.38 bits per heavy atom. The van der Waals surface area contributed by atoms with Gasteiger partial charge in [0.15, 0.2) is 0 Å². The van der Waals surface area contributed by atoms with E-state index in [0.29, 0.717) is 12.5 Å². The zero-order chi connectivity index (χ0) is 11.7. The van der Waals surface area contributed by atoms with E-state index in [1.165, 1.54) is 16.5 Å². The fraction of sp³-hybridized carbons (Fsp3) is 0.385. The molecule has 0 spiro atoms. The standard InChI is InChI=1S/C13H16BrNO/c1-8(2)11-5-10(14)6-12-9(3-4-15)7-16-13(11)12/h5-8H,3-4,15H2,1-2H3. The molecule has 0 fully saturated rings. The van der Waals surface area contributed by atoms with Crippen molar-refractivity contribution in [2.45, 2.75) is 26.2 Å². The van der Waals surface area contributed by atoms with E-state index in [-0.39, 0.29) is 0 Å². The minimum absolute atomic E-state index is 0.455. The van der Waals surface area contributed by atoms with Crippen molar-refractivity contribution in [3.63, 3.8) is 0 Å². The molecule has 86 valence electrons. The summed E-state index contributed by atoms with van der Waals surface area (Å²) in [4.78, 5) is 0. The zero-order valence-corrected chi connectivity index (χ0v) is 11.2. The molecule has 2 nitrogen and oxygen atoms in total. The number of hydrogen-bond acceptors (Lipinski definition) is 2. The molecule has 2 rings (SSSR count). The van der Waals surface area contributed by atoms with Gasteiger partial charge in [-0.1, -0.05) is 29.8 Å². The van der Waals surface area contributed by atoms with Gasteiger partial charge in [0.2, 0.25) is 0 Å². The van der Waals surface area contributed by atoms with E-state index in [1.807, 2.05) is 6.26 Å². The van der Waals surface area contributed by atoms with Crippen molar-refractivity contribution in [2.75, 3.05) is 6.54 Å². The van der Waals surface area contributed by atoms with Gasteiger partial charge in [-0.3, -0.25) is 0 Å². The van der Waals surface area contributed by atoms with E-state index in [4.69, 9.17) is 10.2 Å². The Morgan fingerprint density at radius 2 is 2.12 bits per heavy atom. The molecule has 0 saturated carbocycles. The molecule has 16 heavy (non-hydrogen) atoms. The van der Waals surface area contributed by atoms with Crippen LogP contribution >= 0.6 is 15.9 Å². The molecule has 0 aliphatic carbocycles. The molecule has 0 radical (unpaired) electrons. The molecule has 0 unspecified atom stereocenters. The molecule has 0 aliphatic rings. The van der Waals surface area contributed by atoms with Crippen LogP contribution in [-0.4, -0.2) is 6.54 Å². The molecule has 1 aromatic carbocycles. The van der Waals surface area contributed by atoms with Crippen molar-refractivity contribution < 1.29 is 4.42 Å². The number of halogens is 1.